The second-order valence-electron chi connectivity index (χ2n) is 8.19. The number of aryl methyl sites for hydroxylation is 2. The molecule has 12 heteroatoms. The van der Waals surface area contributed by atoms with Crippen LogP contribution in [0.5, 0.6) is 5.88 Å². The van der Waals surface area contributed by atoms with Crippen LogP contribution < -0.4 is 10.4 Å². The maximum absolute atomic E-state index is 13.0. The standard InChI is InChI=1S/C24H20F3N7O2/c1-13-16(8-9-19(29-13)36-3)20-28-10-17-22(32-20)34(23(35)30-17)11-14-4-6-15(7-5-14)21-31-18(12-33(21)2)24(25,26)27/h4-10,12H,11H2,1-3H3,(H,30,35). The number of ether oxygens (including phenoxy) is 1. The van der Waals surface area contributed by atoms with E-state index in [9.17, 15) is 18.0 Å². The molecule has 0 fully saturated rings. The van der Waals surface area contributed by atoms with Gasteiger partial charge in [0.15, 0.2) is 17.2 Å². The molecule has 0 saturated heterocycles. The maximum Gasteiger partial charge on any atom is 0.434 e. The van der Waals surface area contributed by atoms with E-state index >= 15 is 0 Å². The average molecular weight is 495 g/mol. The second-order valence-corrected chi connectivity index (χ2v) is 8.19. The first-order valence-electron chi connectivity index (χ1n) is 10.8. The Bertz CT molecular complexity index is 1630. The van der Waals surface area contributed by atoms with Crippen LogP contribution in [0.1, 0.15) is 17.0 Å². The summed E-state index contributed by atoms with van der Waals surface area (Å²) in [6.45, 7) is 2.01. The number of aromatic amines is 1. The Balaban J connectivity index is 1.46. The summed E-state index contributed by atoms with van der Waals surface area (Å²) in [7, 11) is 3.04. The van der Waals surface area contributed by atoms with Crippen LogP contribution in [-0.4, -0.2) is 41.2 Å². The first-order chi connectivity index (χ1) is 17.1. The minimum atomic E-state index is -4.52. The molecule has 184 valence electrons. The number of benzene rings is 1. The van der Waals surface area contributed by atoms with E-state index < -0.39 is 11.9 Å². The molecule has 1 N–H and O–H groups in total. The van der Waals surface area contributed by atoms with Crippen LogP contribution in [0.4, 0.5) is 13.2 Å². The molecule has 4 aromatic heterocycles. The zero-order chi connectivity index (χ0) is 25.6. The zero-order valence-electron chi connectivity index (χ0n) is 19.5. The van der Waals surface area contributed by atoms with Gasteiger partial charge in [0.25, 0.3) is 0 Å². The van der Waals surface area contributed by atoms with E-state index in [4.69, 9.17) is 4.74 Å². The van der Waals surface area contributed by atoms with Crippen LogP contribution in [0.25, 0.3) is 33.9 Å². The van der Waals surface area contributed by atoms with E-state index in [1.165, 1.54) is 23.3 Å². The normalized spacial score (nSPS) is 11.8. The van der Waals surface area contributed by atoms with Crippen molar-refractivity contribution in [2.75, 3.05) is 7.11 Å². The third-order valence-corrected chi connectivity index (χ3v) is 5.74. The third kappa shape index (κ3) is 4.21. The number of aromatic nitrogens is 7. The molecule has 0 atom stereocenters. The third-order valence-electron chi connectivity index (χ3n) is 5.74. The molecule has 0 bridgehead atoms. The zero-order valence-corrected chi connectivity index (χ0v) is 19.5. The Morgan fingerprint density at radius 3 is 2.44 bits per heavy atom. The van der Waals surface area contributed by atoms with Gasteiger partial charge in [0.2, 0.25) is 5.88 Å². The first kappa shape index (κ1) is 23.3. The molecule has 5 rings (SSSR count). The Morgan fingerprint density at radius 1 is 1.06 bits per heavy atom. The number of rotatable bonds is 5. The minimum Gasteiger partial charge on any atom is -0.481 e. The van der Waals surface area contributed by atoms with E-state index in [1.54, 1.807) is 42.6 Å². The number of alkyl halides is 3. The Hall–Kier alpha value is -4.48. The highest BCUT2D eigenvalue weighted by atomic mass is 19.4. The molecule has 0 aliphatic rings. The van der Waals surface area contributed by atoms with Crippen molar-refractivity contribution in [2.45, 2.75) is 19.6 Å². The summed E-state index contributed by atoms with van der Waals surface area (Å²) in [5, 5.41) is 0. The monoisotopic (exact) mass is 495 g/mol. The second kappa shape index (κ2) is 8.63. The van der Waals surface area contributed by atoms with E-state index in [0.717, 1.165) is 11.8 Å². The number of hydrogen-bond donors (Lipinski definition) is 1. The molecule has 0 aliphatic carbocycles. The molecule has 36 heavy (non-hydrogen) atoms. The van der Waals surface area contributed by atoms with Crippen LogP contribution in [0.15, 0.2) is 53.6 Å². The molecule has 0 saturated carbocycles. The van der Waals surface area contributed by atoms with Gasteiger partial charge >= 0.3 is 11.9 Å². The van der Waals surface area contributed by atoms with Gasteiger partial charge in [0.05, 0.1) is 25.5 Å². The Labute approximate surface area is 202 Å². The van der Waals surface area contributed by atoms with Gasteiger partial charge in [-0.3, -0.25) is 4.57 Å². The lowest BCUT2D eigenvalue weighted by molar-refractivity contribution is -0.140. The molecule has 0 radical (unpaired) electrons. The van der Waals surface area contributed by atoms with Crippen molar-refractivity contribution in [2.24, 2.45) is 7.05 Å². The predicted molar refractivity (Wildman–Crippen MR) is 125 cm³/mol. The summed E-state index contributed by atoms with van der Waals surface area (Å²) in [5.41, 5.74) is 2.25. The fraction of sp³-hybridized carbons (Fsp3) is 0.208. The summed E-state index contributed by atoms with van der Waals surface area (Å²) in [6, 6.07) is 10.3. The summed E-state index contributed by atoms with van der Waals surface area (Å²) in [5.74, 6) is 1.08. The molecular formula is C24H20F3N7O2. The van der Waals surface area contributed by atoms with Crippen molar-refractivity contribution in [3.63, 3.8) is 0 Å². The number of hydrogen-bond acceptors (Lipinski definition) is 6. The van der Waals surface area contributed by atoms with E-state index in [2.05, 4.69) is 24.9 Å². The quantitative estimate of drug-likeness (QED) is 0.396. The molecule has 1 aromatic carbocycles. The highest BCUT2D eigenvalue weighted by molar-refractivity contribution is 5.73. The van der Waals surface area contributed by atoms with Crippen molar-refractivity contribution in [3.8, 4) is 28.7 Å². The molecule has 0 spiro atoms. The highest BCUT2D eigenvalue weighted by Crippen LogP contribution is 2.30. The van der Waals surface area contributed by atoms with Gasteiger partial charge in [-0.15, -0.1) is 0 Å². The Kier molecular flexibility index (Phi) is 5.58. The molecule has 5 aromatic rings. The Morgan fingerprint density at radius 2 is 1.81 bits per heavy atom. The summed E-state index contributed by atoms with van der Waals surface area (Å²) < 4.78 is 47.0. The highest BCUT2D eigenvalue weighted by Gasteiger charge is 2.34. The number of fused-ring (bicyclic) bond motifs is 1. The van der Waals surface area contributed by atoms with Gasteiger partial charge < -0.3 is 14.3 Å². The van der Waals surface area contributed by atoms with Crippen molar-refractivity contribution >= 4 is 11.2 Å². The average Bonchev–Trinajstić information content (AvgIpc) is 3.39. The van der Waals surface area contributed by atoms with E-state index in [0.29, 0.717) is 39.7 Å². The molecule has 0 aliphatic heterocycles. The number of methoxy groups -OCH3 is 1. The van der Waals surface area contributed by atoms with E-state index in [1.807, 2.05) is 6.92 Å². The summed E-state index contributed by atoms with van der Waals surface area (Å²) in [4.78, 5) is 32.4. The van der Waals surface area contributed by atoms with Crippen LogP contribution in [-0.2, 0) is 19.8 Å². The largest absolute Gasteiger partial charge is 0.481 e. The lowest BCUT2D eigenvalue weighted by Gasteiger charge is -2.08. The van der Waals surface area contributed by atoms with Crippen molar-refractivity contribution in [1.82, 2.24) is 34.1 Å². The maximum atomic E-state index is 13.0. The van der Waals surface area contributed by atoms with Gasteiger partial charge in [-0.25, -0.2) is 24.7 Å². The molecule has 0 amide bonds. The number of pyridine rings is 1. The van der Waals surface area contributed by atoms with Gasteiger partial charge in [-0.2, -0.15) is 13.2 Å². The number of nitrogens with one attached hydrogen (secondary N) is 1. The number of imidazole rings is 2. The van der Waals surface area contributed by atoms with Crippen LogP contribution >= 0.6 is 0 Å². The van der Waals surface area contributed by atoms with Gasteiger partial charge in [0, 0.05) is 30.4 Å². The topological polar surface area (TPSA) is 104 Å². The molecule has 4 heterocycles. The van der Waals surface area contributed by atoms with Gasteiger partial charge in [-0.1, -0.05) is 24.3 Å². The van der Waals surface area contributed by atoms with Crippen LogP contribution in [0.2, 0.25) is 0 Å². The summed E-state index contributed by atoms with van der Waals surface area (Å²) in [6.07, 6.45) is -2.03. The molecule has 9 nitrogen and oxygen atoms in total. The predicted octanol–water partition coefficient (Wildman–Crippen LogP) is 3.97. The van der Waals surface area contributed by atoms with Crippen LogP contribution in [0.3, 0.4) is 0 Å². The lowest BCUT2D eigenvalue weighted by Crippen LogP contribution is -2.17. The van der Waals surface area contributed by atoms with E-state index in [-0.39, 0.29) is 18.1 Å². The smallest absolute Gasteiger partial charge is 0.434 e. The fourth-order valence-electron chi connectivity index (χ4n) is 3.92. The van der Waals surface area contributed by atoms with Gasteiger partial charge in [0.1, 0.15) is 11.3 Å². The summed E-state index contributed by atoms with van der Waals surface area (Å²) >= 11 is 0. The molecular weight excluding hydrogens is 475 g/mol. The fourth-order valence-corrected chi connectivity index (χ4v) is 3.92. The lowest BCUT2D eigenvalue weighted by atomic mass is 10.1. The minimum absolute atomic E-state index is 0.194. The van der Waals surface area contributed by atoms with Crippen molar-refractivity contribution in [1.29, 1.82) is 0 Å². The number of halogens is 3. The van der Waals surface area contributed by atoms with Gasteiger partial charge in [-0.05, 0) is 18.6 Å². The SMILES string of the molecule is COc1ccc(-c2ncc3[nH]c(=O)n(Cc4ccc(-c5nc(C(F)(F)F)cn5C)cc4)c3n2)c(C)n1. The van der Waals surface area contributed by atoms with Crippen molar-refractivity contribution < 1.29 is 17.9 Å². The van der Waals surface area contributed by atoms with Crippen LogP contribution in [0, 0.1) is 6.92 Å². The number of H-pyrrole nitrogens is 1. The number of nitrogens with zero attached hydrogens (tertiary/aromatic N) is 6. The van der Waals surface area contributed by atoms with Crippen molar-refractivity contribution in [3.05, 3.63) is 76.2 Å². The first-order valence-corrected chi connectivity index (χ1v) is 10.8. The molecule has 0 unspecified atom stereocenters.